The summed E-state index contributed by atoms with van der Waals surface area (Å²) in [6.45, 7) is 4.32. The Balaban J connectivity index is 1.71. The number of thioether (sulfide) groups is 1. The van der Waals surface area contributed by atoms with Gasteiger partial charge in [0.15, 0.2) is 11.0 Å². The Kier molecular flexibility index (Phi) is 4.08. The van der Waals surface area contributed by atoms with E-state index < -0.39 is 5.91 Å². The van der Waals surface area contributed by atoms with E-state index >= 15 is 0 Å². The lowest BCUT2D eigenvalue weighted by Crippen LogP contribution is -2.35. The van der Waals surface area contributed by atoms with Crippen LogP contribution in [0.1, 0.15) is 31.0 Å². The molecule has 0 bridgehead atoms. The van der Waals surface area contributed by atoms with Gasteiger partial charge in [0, 0.05) is 17.6 Å². The Bertz CT molecular complexity index is 982. The third-order valence-corrected chi connectivity index (χ3v) is 4.98. The monoisotopic (exact) mass is 363 g/mol. The molecule has 4 rings (SSSR count). The fraction of sp³-hybridized carbons (Fsp3) is 0.158. The van der Waals surface area contributed by atoms with Gasteiger partial charge in [0.2, 0.25) is 0 Å². The highest BCUT2D eigenvalue weighted by atomic mass is 32.2. The van der Waals surface area contributed by atoms with Crippen LogP contribution in [0, 0.1) is 5.41 Å². The van der Waals surface area contributed by atoms with Crippen molar-refractivity contribution in [3.8, 4) is 5.69 Å². The van der Waals surface area contributed by atoms with Gasteiger partial charge in [-0.05, 0) is 53.6 Å². The van der Waals surface area contributed by atoms with Crippen LogP contribution in [0.2, 0.25) is 0 Å². The molecule has 1 aromatic carbocycles. The number of hydrogen-bond acceptors (Lipinski definition) is 4. The van der Waals surface area contributed by atoms with Gasteiger partial charge < -0.3 is 4.57 Å². The van der Waals surface area contributed by atoms with Crippen LogP contribution in [0.4, 0.5) is 0 Å². The summed E-state index contributed by atoms with van der Waals surface area (Å²) in [5, 5.41) is 14.2. The predicted octanol–water partition coefficient (Wildman–Crippen LogP) is 3.85. The number of nitrogens with zero attached hydrogens (tertiary/aromatic N) is 4. The molecule has 0 atom stereocenters. The predicted molar refractivity (Wildman–Crippen MR) is 106 cm³/mol. The number of nitrogens with one attached hydrogen (secondary N) is 1. The molecule has 0 fully saturated rings. The normalized spacial score (nSPS) is 18.0. The van der Waals surface area contributed by atoms with Crippen molar-refractivity contribution in [3.05, 3.63) is 59.4 Å². The van der Waals surface area contributed by atoms with Crippen molar-refractivity contribution >= 4 is 40.3 Å². The highest BCUT2D eigenvalue weighted by Gasteiger charge is 2.32. The third kappa shape index (κ3) is 2.80. The number of benzene rings is 1. The Morgan fingerprint density at radius 2 is 1.96 bits per heavy atom. The number of amides is 1. The second-order valence-corrected chi connectivity index (χ2v) is 7.12. The van der Waals surface area contributed by atoms with Gasteiger partial charge in [-0.3, -0.25) is 10.2 Å². The van der Waals surface area contributed by atoms with Crippen molar-refractivity contribution in [2.75, 3.05) is 0 Å². The molecule has 0 saturated carbocycles. The molecule has 1 aromatic heterocycles. The smallest absolute Gasteiger partial charge is 0.283 e. The lowest BCUT2D eigenvalue weighted by molar-refractivity contribution is -0.114. The third-order valence-electron chi connectivity index (χ3n) is 4.31. The first-order valence-corrected chi connectivity index (χ1v) is 9.13. The number of amidine groups is 2. The number of aliphatic imine (C=N–C) groups is 1. The number of rotatable bonds is 3. The minimum Gasteiger partial charge on any atom is -0.317 e. The van der Waals surface area contributed by atoms with Crippen molar-refractivity contribution in [3.63, 3.8) is 0 Å². The number of carbonyl (C=O) groups is 1. The summed E-state index contributed by atoms with van der Waals surface area (Å²) in [4.78, 5) is 16.4. The maximum Gasteiger partial charge on any atom is 0.283 e. The summed E-state index contributed by atoms with van der Waals surface area (Å²) in [5.74, 6) is 0.105. The Hall–Kier alpha value is -2.93. The van der Waals surface area contributed by atoms with Crippen molar-refractivity contribution in [1.82, 2.24) is 9.58 Å². The van der Waals surface area contributed by atoms with E-state index in [0.29, 0.717) is 11.1 Å². The summed E-state index contributed by atoms with van der Waals surface area (Å²) in [6, 6.07) is 12.2. The summed E-state index contributed by atoms with van der Waals surface area (Å²) >= 11 is 1.24. The zero-order valence-electron chi connectivity index (χ0n) is 14.4. The average Bonchev–Trinajstić information content (AvgIpc) is 3.27. The first-order chi connectivity index (χ1) is 12.5. The zero-order chi connectivity index (χ0) is 18.3. The van der Waals surface area contributed by atoms with Gasteiger partial charge in [-0.2, -0.15) is 15.1 Å². The fourth-order valence-corrected chi connectivity index (χ4v) is 3.46. The van der Waals surface area contributed by atoms with Crippen molar-refractivity contribution in [1.29, 1.82) is 5.41 Å². The lowest BCUT2D eigenvalue weighted by Gasteiger charge is -2.20. The highest BCUT2D eigenvalue weighted by Crippen LogP contribution is 2.26. The van der Waals surface area contributed by atoms with E-state index in [0.717, 1.165) is 11.4 Å². The molecule has 2 aromatic rings. The van der Waals surface area contributed by atoms with Crippen LogP contribution in [-0.4, -0.2) is 32.0 Å². The molecule has 130 valence electrons. The second kappa shape index (κ2) is 6.42. The van der Waals surface area contributed by atoms with E-state index in [1.807, 2.05) is 22.9 Å². The van der Waals surface area contributed by atoms with Crippen molar-refractivity contribution in [2.24, 2.45) is 10.1 Å². The maximum absolute atomic E-state index is 12.3. The Morgan fingerprint density at radius 3 is 2.69 bits per heavy atom. The van der Waals surface area contributed by atoms with Gasteiger partial charge in [-0.15, -0.1) is 0 Å². The molecule has 0 saturated heterocycles. The van der Waals surface area contributed by atoms with E-state index in [1.165, 1.54) is 22.3 Å². The molecule has 3 heterocycles. The lowest BCUT2D eigenvalue weighted by atomic mass is 10.0. The number of fused-ring (bicyclic) bond motifs is 1. The van der Waals surface area contributed by atoms with Gasteiger partial charge in [0.1, 0.15) is 0 Å². The van der Waals surface area contributed by atoms with E-state index in [1.54, 1.807) is 11.6 Å². The van der Waals surface area contributed by atoms with Crippen LogP contribution < -0.4 is 0 Å². The second-order valence-electron chi connectivity index (χ2n) is 6.31. The van der Waals surface area contributed by atoms with Crippen LogP contribution in [0.25, 0.3) is 11.8 Å². The van der Waals surface area contributed by atoms with Crippen LogP contribution in [-0.2, 0) is 4.79 Å². The molecular weight excluding hydrogens is 346 g/mol. The Labute approximate surface area is 155 Å². The highest BCUT2D eigenvalue weighted by molar-refractivity contribution is 8.25. The molecule has 2 aliphatic heterocycles. The molecule has 7 heteroatoms. The summed E-state index contributed by atoms with van der Waals surface area (Å²) < 4.78 is 1.99. The number of carbonyl (C=O) groups excluding carboxylic acids is 1. The van der Waals surface area contributed by atoms with Gasteiger partial charge in [0.05, 0.1) is 11.1 Å². The molecule has 1 amide bonds. The SMILES string of the molecule is CC(C)c1ccc(-n2cccc2/C=C2\C(=N)N3N=CSC3=NC2=O)cc1. The zero-order valence-corrected chi connectivity index (χ0v) is 15.2. The van der Waals surface area contributed by atoms with Crippen LogP contribution in [0.5, 0.6) is 0 Å². The average molecular weight is 363 g/mol. The molecule has 26 heavy (non-hydrogen) atoms. The van der Waals surface area contributed by atoms with Gasteiger partial charge >= 0.3 is 0 Å². The van der Waals surface area contributed by atoms with Crippen molar-refractivity contribution in [2.45, 2.75) is 19.8 Å². The minimum atomic E-state index is -0.415. The molecule has 0 unspecified atom stereocenters. The topological polar surface area (TPSA) is 73.8 Å². The summed E-state index contributed by atoms with van der Waals surface area (Å²) in [7, 11) is 0. The summed E-state index contributed by atoms with van der Waals surface area (Å²) in [6.07, 6.45) is 3.63. The standard InChI is InChI=1S/C19H17N5OS/c1-12(2)13-5-7-14(8-6-13)23-9-3-4-15(23)10-16-17(20)24-19(22-18(16)25)26-11-21-24/h3-12,20H,1-2H3/b16-10+,20-17?. The van der Waals surface area contributed by atoms with Crippen LogP contribution in [0.3, 0.4) is 0 Å². The fourth-order valence-electron chi connectivity index (χ4n) is 2.85. The van der Waals surface area contributed by atoms with Gasteiger partial charge in [-0.1, -0.05) is 26.0 Å². The minimum absolute atomic E-state index is 0.0455. The molecule has 1 N–H and O–H groups in total. The number of hydrazone groups is 1. The number of aromatic nitrogens is 1. The van der Waals surface area contributed by atoms with E-state index in [9.17, 15) is 4.79 Å². The van der Waals surface area contributed by atoms with E-state index in [-0.39, 0.29) is 11.4 Å². The molecule has 6 nitrogen and oxygen atoms in total. The quantitative estimate of drug-likeness (QED) is 0.842. The van der Waals surface area contributed by atoms with Crippen LogP contribution >= 0.6 is 11.8 Å². The van der Waals surface area contributed by atoms with Crippen LogP contribution in [0.15, 0.2) is 58.3 Å². The first-order valence-electron chi connectivity index (χ1n) is 8.25. The molecular formula is C19H17N5OS. The van der Waals surface area contributed by atoms with E-state index in [4.69, 9.17) is 5.41 Å². The van der Waals surface area contributed by atoms with Crippen molar-refractivity contribution < 1.29 is 4.79 Å². The van der Waals surface area contributed by atoms with Gasteiger partial charge in [0.25, 0.3) is 5.91 Å². The molecule has 0 aliphatic carbocycles. The largest absolute Gasteiger partial charge is 0.317 e. The first kappa shape index (κ1) is 16.5. The Morgan fingerprint density at radius 1 is 1.19 bits per heavy atom. The number of hydrogen-bond donors (Lipinski definition) is 1. The maximum atomic E-state index is 12.3. The molecule has 0 spiro atoms. The molecule has 2 aliphatic rings. The summed E-state index contributed by atoms with van der Waals surface area (Å²) in [5.41, 5.74) is 4.89. The van der Waals surface area contributed by atoms with E-state index in [2.05, 4.69) is 48.2 Å². The molecule has 0 radical (unpaired) electrons. The van der Waals surface area contributed by atoms with Gasteiger partial charge in [-0.25, -0.2) is 0 Å².